The van der Waals surface area contributed by atoms with Crippen molar-refractivity contribution < 1.29 is 9.18 Å². The summed E-state index contributed by atoms with van der Waals surface area (Å²) in [6.45, 7) is 5.21. The lowest BCUT2D eigenvalue weighted by Crippen LogP contribution is -2.35. The zero-order valence-electron chi connectivity index (χ0n) is 12.7. The van der Waals surface area contributed by atoms with Crippen LogP contribution in [0.15, 0.2) is 36.8 Å². The lowest BCUT2D eigenvalue weighted by molar-refractivity contribution is 0.0770. The van der Waals surface area contributed by atoms with Gasteiger partial charge in [0.2, 0.25) is 0 Å². The fourth-order valence-electron chi connectivity index (χ4n) is 2.76. The van der Waals surface area contributed by atoms with Crippen LogP contribution in [0.1, 0.15) is 24.3 Å². The van der Waals surface area contributed by atoms with Gasteiger partial charge in [0.1, 0.15) is 11.5 Å². The Bertz CT molecular complexity index is 710. The molecule has 0 spiro atoms. The minimum Gasteiger partial charge on any atom is -0.335 e. The number of imidazole rings is 1. The van der Waals surface area contributed by atoms with Crippen LogP contribution in [-0.2, 0) is 0 Å². The van der Waals surface area contributed by atoms with E-state index in [-0.39, 0.29) is 23.2 Å². The molecule has 3 rings (SSSR count). The molecule has 2 aromatic rings. The van der Waals surface area contributed by atoms with E-state index in [0.29, 0.717) is 24.5 Å². The van der Waals surface area contributed by atoms with Crippen LogP contribution in [-0.4, -0.2) is 39.5 Å². The predicted molar refractivity (Wildman–Crippen MR) is 81.2 cm³/mol. The van der Waals surface area contributed by atoms with Gasteiger partial charge in [-0.25, -0.2) is 9.37 Å². The lowest BCUT2D eigenvalue weighted by atomic mass is 9.89. The van der Waals surface area contributed by atoms with Gasteiger partial charge in [-0.1, -0.05) is 19.9 Å². The van der Waals surface area contributed by atoms with E-state index in [0.717, 1.165) is 0 Å². The first-order valence-electron chi connectivity index (χ1n) is 7.21. The average molecular weight is 302 g/mol. The summed E-state index contributed by atoms with van der Waals surface area (Å²) in [4.78, 5) is 18.5. The molecule has 1 aromatic heterocycles. The van der Waals surface area contributed by atoms with Gasteiger partial charge in [-0.2, -0.15) is 0 Å². The van der Waals surface area contributed by atoms with E-state index in [1.807, 2.05) is 0 Å². The number of likely N-dealkylation sites (tertiary alicyclic amines) is 1. The second-order valence-electron chi connectivity index (χ2n) is 6.41. The first kappa shape index (κ1) is 14.7. The quantitative estimate of drug-likeness (QED) is 0.920. The second kappa shape index (κ2) is 5.21. The molecule has 2 N–H and O–H groups in total. The summed E-state index contributed by atoms with van der Waals surface area (Å²) < 4.78 is 15.0. The first-order chi connectivity index (χ1) is 10.4. The van der Waals surface area contributed by atoms with Gasteiger partial charge in [0.05, 0.1) is 18.2 Å². The molecule has 2 heterocycles. The van der Waals surface area contributed by atoms with Gasteiger partial charge in [0.15, 0.2) is 0 Å². The SMILES string of the molecule is CC1(C)CN(C(=O)c2cncn2-c2cccc(F)c2)CC1N. The number of hydrogen-bond donors (Lipinski definition) is 1. The van der Waals surface area contributed by atoms with Crippen LogP contribution in [0.25, 0.3) is 5.69 Å². The summed E-state index contributed by atoms with van der Waals surface area (Å²) in [6.07, 6.45) is 3.02. The number of carbonyl (C=O) groups excluding carboxylic acids is 1. The molecule has 116 valence electrons. The van der Waals surface area contributed by atoms with Crippen molar-refractivity contribution in [1.82, 2.24) is 14.5 Å². The van der Waals surface area contributed by atoms with Gasteiger partial charge in [-0.3, -0.25) is 9.36 Å². The number of aromatic nitrogens is 2. The molecule has 0 saturated carbocycles. The van der Waals surface area contributed by atoms with Crippen LogP contribution in [0.3, 0.4) is 0 Å². The first-order valence-corrected chi connectivity index (χ1v) is 7.21. The maximum Gasteiger partial charge on any atom is 0.272 e. The molecule has 1 saturated heterocycles. The van der Waals surface area contributed by atoms with Crippen molar-refractivity contribution >= 4 is 5.91 Å². The Hall–Kier alpha value is -2.21. The van der Waals surface area contributed by atoms with Crippen molar-refractivity contribution in [3.8, 4) is 5.69 Å². The molecule has 1 amide bonds. The van der Waals surface area contributed by atoms with Crippen molar-refractivity contribution in [1.29, 1.82) is 0 Å². The van der Waals surface area contributed by atoms with E-state index in [9.17, 15) is 9.18 Å². The van der Waals surface area contributed by atoms with Crippen LogP contribution < -0.4 is 5.73 Å². The third-order valence-electron chi connectivity index (χ3n) is 4.25. The molecule has 5 nitrogen and oxygen atoms in total. The van der Waals surface area contributed by atoms with Crippen molar-refractivity contribution in [3.05, 3.63) is 48.3 Å². The molecule has 0 aliphatic carbocycles. The standard InChI is InChI=1S/C16H19FN4O/c1-16(2)9-20(8-14(16)18)15(22)13-7-19-10-21(13)12-5-3-4-11(17)6-12/h3-7,10,14H,8-9,18H2,1-2H3. The molecule has 1 unspecified atom stereocenters. The predicted octanol–water partition coefficient (Wildman–Crippen LogP) is 1.82. The maximum atomic E-state index is 13.4. The van der Waals surface area contributed by atoms with Crippen LogP contribution in [0.4, 0.5) is 4.39 Å². The maximum absolute atomic E-state index is 13.4. The Kier molecular flexibility index (Phi) is 3.48. The number of carbonyl (C=O) groups is 1. The summed E-state index contributed by atoms with van der Waals surface area (Å²) in [5.74, 6) is -0.489. The van der Waals surface area contributed by atoms with Crippen molar-refractivity contribution in [3.63, 3.8) is 0 Å². The minimum atomic E-state index is -0.353. The fraction of sp³-hybridized carbons (Fsp3) is 0.375. The monoisotopic (exact) mass is 302 g/mol. The van der Waals surface area contributed by atoms with Crippen molar-refractivity contribution in [2.45, 2.75) is 19.9 Å². The molecular formula is C16H19FN4O. The molecular weight excluding hydrogens is 283 g/mol. The molecule has 1 aromatic carbocycles. The van der Waals surface area contributed by atoms with Gasteiger partial charge in [-0.05, 0) is 23.6 Å². The van der Waals surface area contributed by atoms with Gasteiger partial charge in [-0.15, -0.1) is 0 Å². The third-order valence-corrected chi connectivity index (χ3v) is 4.25. The zero-order valence-corrected chi connectivity index (χ0v) is 12.7. The number of benzene rings is 1. The smallest absolute Gasteiger partial charge is 0.272 e. The van der Waals surface area contributed by atoms with Gasteiger partial charge in [0.25, 0.3) is 5.91 Å². The molecule has 1 aliphatic rings. The molecule has 1 aliphatic heterocycles. The van der Waals surface area contributed by atoms with E-state index in [1.54, 1.807) is 21.6 Å². The summed E-state index contributed by atoms with van der Waals surface area (Å²) in [5.41, 5.74) is 6.97. The Morgan fingerprint density at radius 2 is 2.23 bits per heavy atom. The number of halogens is 1. The highest BCUT2D eigenvalue weighted by Gasteiger charge is 2.39. The highest BCUT2D eigenvalue weighted by Crippen LogP contribution is 2.29. The van der Waals surface area contributed by atoms with Crippen LogP contribution in [0, 0.1) is 11.2 Å². The number of rotatable bonds is 2. The topological polar surface area (TPSA) is 64.2 Å². The van der Waals surface area contributed by atoms with Crippen LogP contribution in [0.2, 0.25) is 0 Å². The van der Waals surface area contributed by atoms with E-state index in [2.05, 4.69) is 18.8 Å². The second-order valence-corrected chi connectivity index (χ2v) is 6.41. The van der Waals surface area contributed by atoms with E-state index in [4.69, 9.17) is 5.73 Å². The van der Waals surface area contributed by atoms with Crippen molar-refractivity contribution in [2.75, 3.05) is 13.1 Å². The van der Waals surface area contributed by atoms with Crippen molar-refractivity contribution in [2.24, 2.45) is 11.1 Å². The minimum absolute atomic E-state index is 0.0537. The Morgan fingerprint density at radius 3 is 2.86 bits per heavy atom. The molecule has 6 heteroatoms. The Labute approximate surface area is 128 Å². The molecule has 1 atom stereocenters. The summed E-state index contributed by atoms with van der Waals surface area (Å²) in [6, 6.07) is 6.03. The number of hydrogen-bond acceptors (Lipinski definition) is 3. The van der Waals surface area contributed by atoms with E-state index >= 15 is 0 Å². The number of amides is 1. The summed E-state index contributed by atoms with van der Waals surface area (Å²) in [7, 11) is 0. The van der Waals surface area contributed by atoms with E-state index in [1.165, 1.54) is 24.7 Å². The third kappa shape index (κ3) is 2.50. The Morgan fingerprint density at radius 1 is 1.45 bits per heavy atom. The highest BCUT2D eigenvalue weighted by atomic mass is 19.1. The van der Waals surface area contributed by atoms with Gasteiger partial charge >= 0.3 is 0 Å². The summed E-state index contributed by atoms with van der Waals surface area (Å²) >= 11 is 0. The molecule has 22 heavy (non-hydrogen) atoms. The van der Waals surface area contributed by atoms with Crippen LogP contribution in [0.5, 0.6) is 0 Å². The molecule has 0 radical (unpaired) electrons. The average Bonchev–Trinajstić information content (AvgIpc) is 3.03. The number of nitrogens with zero attached hydrogens (tertiary/aromatic N) is 3. The fourth-order valence-corrected chi connectivity index (χ4v) is 2.76. The molecule has 1 fully saturated rings. The normalized spacial score (nSPS) is 20.4. The van der Waals surface area contributed by atoms with Gasteiger partial charge < -0.3 is 10.6 Å². The van der Waals surface area contributed by atoms with Gasteiger partial charge in [0, 0.05) is 19.1 Å². The zero-order chi connectivity index (χ0) is 15.9. The molecule has 0 bridgehead atoms. The Balaban J connectivity index is 1.91. The highest BCUT2D eigenvalue weighted by molar-refractivity contribution is 5.93. The number of nitrogens with two attached hydrogens (primary N) is 1. The van der Waals surface area contributed by atoms with E-state index < -0.39 is 0 Å². The van der Waals surface area contributed by atoms with Crippen LogP contribution >= 0.6 is 0 Å². The summed E-state index contributed by atoms with van der Waals surface area (Å²) in [5, 5.41) is 0. The lowest BCUT2D eigenvalue weighted by Gasteiger charge is -2.21. The largest absolute Gasteiger partial charge is 0.335 e.